The van der Waals surface area contributed by atoms with Crippen LogP contribution in [-0.2, 0) is 16.6 Å². The number of terminal acetylenes is 1. The van der Waals surface area contributed by atoms with Gasteiger partial charge in [0.2, 0.25) is 0 Å². The number of hydrogen-bond donors (Lipinski definition) is 2. The minimum Gasteiger partial charge on any atom is -0.326 e. The summed E-state index contributed by atoms with van der Waals surface area (Å²) in [6, 6.07) is 0. The molecule has 0 aliphatic carbocycles. The van der Waals surface area contributed by atoms with E-state index in [1.165, 1.54) is 4.31 Å². The van der Waals surface area contributed by atoms with Crippen LogP contribution in [0.3, 0.4) is 0 Å². The van der Waals surface area contributed by atoms with Crippen molar-refractivity contribution in [2.75, 3.05) is 13.1 Å². The third-order valence-corrected chi connectivity index (χ3v) is 4.38. The van der Waals surface area contributed by atoms with Crippen LogP contribution in [0.2, 0.25) is 0 Å². The van der Waals surface area contributed by atoms with E-state index in [9.17, 15) is 8.42 Å². The number of nitrogens with one attached hydrogen (secondary N) is 1. The van der Waals surface area contributed by atoms with Crippen LogP contribution in [0.5, 0.6) is 0 Å². The number of nitrogens with zero attached hydrogens (tertiary/aromatic N) is 2. The summed E-state index contributed by atoms with van der Waals surface area (Å²) in [5.74, 6) is 2.35. The third-order valence-electron chi connectivity index (χ3n) is 2.57. The van der Waals surface area contributed by atoms with Gasteiger partial charge >= 0.3 is 0 Å². The summed E-state index contributed by atoms with van der Waals surface area (Å²) in [5.41, 5.74) is 6.73. The van der Waals surface area contributed by atoms with Gasteiger partial charge in [-0.3, -0.25) is 5.10 Å². The molecule has 0 radical (unpaired) electrons. The van der Waals surface area contributed by atoms with Crippen LogP contribution < -0.4 is 5.73 Å². The van der Waals surface area contributed by atoms with Crippen LogP contribution >= 0.6 is 0 Å². The largest absolute Gasteiger partial charge is 0.326 e. The zero-order valence-electron chi connectivity index (χ0n) is 10.6. The van der Waals surface area contributed by atoms with Crippen LogP contribution in [0.25, 0.3) is 0 Å². The summed E-state index contributed by atoms with van der Waals surface area (Å²) < 4.78 is 26.0. The average Bonchev–Trinajstić information content (AvgIpc) is 2.70. The lowest BCUT2D eigenvalue weighted by atomic mass is 10.3. The SMILES string of the molecule is C#CCN(CCC)S(=O)(=O)c1n[nH]c(C)c1CN. The lowest BCUT2D eigenvalue weighted by molar-refractivity contribution is 0.442. The lowest BCUT2D eigenvalue weighted by Crippen LogP contribution is -2.33. The number of aromatic amines is 1. The molecular formula is C11H18N4O2S. The van der Waals surface area contributed by atoms with Crippen LogP contribution in [0.15, 0.2) is 5.03 Å². The maximum atomic E-state index is 12.4. The Labute approximate surface area is 108 Å². The third kappa shape index (κ3) is 2.72. The maximum absolute atomic E-state index is 12.4. The monoisotopic (exact) mass is 270 g/mol. The van der Waals surface area contributed by atoms with E-state index in [1.54, 1.807) is 6.92 Å². The number of sulfonamides is 1. The Bertz CT molecular complexity index is 542. The molecule has 1 aromatic rings. The topological polar surface area (TPSA) is 92.1 Å². The molecule has 1 aromatic heterocycles. The number of aryl methyl sites for hydroxylation is 1. The fraction of sp³-hybridized carbons (Fsp3) is 0.545. The van der Waals surface area contributed by atoms with Crippen LogP contribution in [-0.4, -0.2) is 36.0 Å². The van der Waals surface area contributed by atoms with Gasteiger partial charge in [0.15, 0.2) is 5.03 Å². The summed E-state index contributed by atoms with van der Waals surface area (Å²) in [6.07, 6.45) is 5.88. The molecule has 1 rings (SSSR count). The normalized spacial score (nSPS) is 11.7. The fourth-order valence-electron chi connectivity index (χ4n) is 1.64. The predicted octanol–water partition coefficient (Wildman–Crippen LogP) is 0.211. The van der Waals surface area contributed by atoms with Gasteiger partial charge in [-0.05, 0) is 13.3 Å². The van der Waals surface area contributed by atoms with Gasteiger partial charge in [-0.2, -0.15) is 9.40 Å². The van der Waals surface area contributed by atoms with Gasteiger partial charge < -0.3 is 5.73 Å². The highest BCUT2D eigenvalue weighted by molar-refractivity contribution is 7.89. The summed E-state index contributed by atoms with van der Waals surface area (Å²) in [6.45, 7) is 4.14. The van der Waals surface area contributed by atoms with Crippen molar-refractivity contribution in [1.29, 1.82) is 0 Å². The molecule has 18 heavy (non-hydrogen) atoms. The fourth-order valence-corrected chi connectivity index (χ4v) is 3.26. The van der Waals surface area contributed by atoms with Gasteiger partial charge in [0.25, 0.3) is 10.0 Å². The minimum absolute atomic E-state index is 0.0220. The van der Waals surface area contributed by atoms with Crippen molar-refractivity contribution < 1.29 is 8.42 Å². The number of nitrogens with two attached hydrogens (primary N) is 1. The van der Waals surface area contributed by atoms with Crippen LogP contribution in [0, 0.1) is 19.3 Å². The van der Waals surface area contributed by atoms with Crippen molar-refractivity contribution in [3.05, 3.63) is 11.3 Å². The molecule has 0 saturated heterocycles. The van der Waals surface area contributed by atoms with Gasteiger partial charge in [-0.25, -0.2) is 8.42 Å². The zero-order chi connectivity index (χ0) is 13.8. The summed E-state index contributed by atoms with van der Waals surface area (Å²) in [5, 5.41) is 6.46. The van der Waals surface area contributed by atoms with Crippen LogP contribution in [0.4, 0.5) is 0 Å². The first-order chi connectivity index (χ1) is 8.48. The van der Waals surface area contributed by atoms with Crippen molar-refractivity contribution in [3.8, 4) is 12.3 Å². The van der Waals surface area contributed by atoms with Gasteiger partial charge in [0, 0.05) is 24.3 Å². The molecule has 0 bridgehead atoms. The molecule has 0 spiro atoms. The van der Waals surface area contributed by atoms with E-state index < -0.39 is 10.0 Å². The van der Waals surface area contributed by atoms with E-state index in [0.29, 0.717) is 24.2 Å². The van der Waals surface area contributed by atoms with Crippen molar-refractivity contribution in [2.24, 2.45) is 5.73 Å². The molecule has 0 aliphatic heterocycles. The number of hydrogen-bond acceptors (Lipinski definition) is 4. The summed E-state index contributed by atoms with van der Waals surface area (Å²) >= 11 is 0. The smallest absolute Gasteiger partial charge is 0.263 e. The molecule has 0 amide bonds. The number of aromatic nitrogens is 2. The molecule has 0 unspecified atom stereocenters. The van der Waals surface area contributed by atoms with Crippen LogP contribution in [0.1, 0.15) is 24.6 Å². The van der Waals surface area contributed by atoms with Crippen molar-refractivity contribution in [3.63, 3.8) is 0 Å². The Balaban J connectivity index is 3.22. The lowest BCUT2D eigenvalue weighted by Gasteiger charge is -2.18. The molecule has 0 aromatic carbocycles. The standard InChI is InChI=1S/C11H18N4O2S/c1-4-6-15(7-5-2)18(16,17)11-10(8-12)9(3)13-14-11/h1H,5-8,12H2,2-3H3,(H,13,14). The van der Waals surface area contributed by atoms with E-state index in [1.807, 2.05) is 6.92 Å². The van der Waals surface area contributed by atoms with Gasteiger partial charge in [0.05, 0.1) is 6.54 Å². The second-order valence-electron chi connectivity index (χ2n) is 3.88. The quantitative estimate of drug-likeness (QED) is 0.723. The Morgan fingerprint density at radius 2 is 2.22 bits per heavy atom. The minimum atomic E-state index is -3.68. The average molecular weight is 270 g/mol. The van der Waals surface area contributed by atoms with Gasteiger partial charge in [-0.15, -0.1) is 6.42 Å². The second kappa shape index (κ2) is 6.00. The highest BCUT2D eigenvalue weighted by atomic mass is 32.2. The van der Waals surface area contributed by atoms with E-state index in [0.717, 1.165) is 0 Å². The van der Waals surface area contributed by atoms with Crippen molar-refractivity contribution >= 4 is 10.0 Å². The van der Waals surface area contributed by atoms with E-state index in [-0.39, 0.29) is 18.1 Å². The first kappa shape index (κ1) is 14.7. The second-order valence-corrected chi connectivity index (χ2v) is 5.73. The molecule has 100 valence electrons. The van der Waals surface area contributed by atoms with Gasteiger partial charge in [0.1, 0.15) is 0 Å². The molecule has 1 heterocycles. The Morgan fingerprint density at radius 3 is 2.72 bits per heavy atom. The number of rotatable bonds is 6. The molecule has 7 heteroatoms. The molecular weight excluding hydrogens is 252 g/mol. The number of H-pyrrole nitrogens is 1. The predicted molar refractivity (Wildman–Crippen MR) is 69.1 cm³/mol. The maximum Gasteiger partial charge on any atom is 0.263 e. The highest BCUT2D eigenvalue weighted by Crippen LogP contribution is 2.19. The molecule has 0 atom stereocenters. The van der Waals surface area contributed by atoms with E-state index in [2.05, 4.69) is 16.1 Å². The first-order valence-corrected chi connectivity index (χ1v) is 7.10. The first-order valence-electron chi connectivity index (χ1n) is 5.66. The van der Waals surface area contributed by atoms with Gasteiger partial charge in [-0.1, -0.05) is 12.8 Å². The molecule has 0 fully saturated rings. The van der Waals surface area contributed by atoms with Crippen molar-refractivity contribution in [1.82, 2.24) is 14.5 Å². The molecule has 3 N–H and O–H groups in total. The molecule has 0 aliphatic rings. The van der Waals surface area contributed by atoms with E-state index in [4.69, 9.17) is 12.2 Å². The summed E-state index contributed by atoms with van der Waals surface area (Å²) in [4.78, 5) is 0. The molecule has 6 nitrogen and oxygen atoms in total. The highest BCUT2D eigenvalue weighted by Gasteiger charge is 2.29. The molecule has 0 saturated carbocycles. The summed E-state index contributed by atoms with van der Waals surface area (Å²) in [7, 11) is -3.68. The Hall–Kier alpha value is -1.36. The van der Waals surface area contributed by atoms with E-state index >= 15 is 0 Å². The van der Waals surface area contributed by atoms with Crippen molar-refractivity contribution in [2.45, 2.75) is 31.8 Å². The Kier molecular flexibility index (Phi) is 4.90. The Morgan fingerprint density at radius 1 is 1.56 bits per heavy atom. The zero-order valence-corrected chi connectivity index (χ0v) is 11.4.